The molecule has 4 heteroatoms. The molecule has 1 aliphatic heterocycles. The first-order valence-corrected chi connectivity index (χ1v) is 6.07. The van der Waals surface area contributed by atoms with Crippen molar-refractivity contribution in [2.45, 2.75) is 26.1 Å². The summed E-state index contributed by atoms with van der Waals surface area (Å²) in [6.07, 6.45) is -1.61. The van der Waals surface area contributed by atoms with Gasteiger partial charge in [0.1, 0.15) is 29.1 Å². The van der Waals surface area contributed by atoms with Crippen LogP contribution in [0.15, 0.2) is 39.6 Å². The molecule has 0 radical (unpaired) electrons. The molecule has 2 atom stereocenters. The number of aliphatic hydroxyl groups is 1. The number of hydrogen-bond acceptors (Lipinski definition) is 4. The van der Waals surface area contributed by atoms with Crippen LogP contribution in [0.3, 0.4) is 0 Å². The van der Waals surface area contributed by atoms with Crippen LogP contribution in [-0.2, 0) is 0 Å². The number of hydrogen-bond donors (Lipinski definition) is 1. The van der Waals surface area contributed by atoms with Crippen LogP contribution in [0.5, 0.6) is 5.75 Å². The molecule has 0 saturated heterocycles. The van der Waals surface area contributed by atoms with Gasteiger partial charge in [-0.2, -0.15) is 0 Å². The Morgan fingerprint density at radius 2 is 2.16 bits per heavy atom. The van der Waals surface area contributed by atoms with E-state index in [1.54, 1.807) is 13.0 Å². The summed E-state index contributed by atoms with van der Waals surface area (Å²) in [7, 11) is 0. The van der Waals surface area contributed by atoms with Crippen molar-refractivity contribution in [1.29, 1.82) is 0 Å². The number of ether oxygens (including phenoxy) is 1. The molecule has 3 rings (SSSR count). The fourth-order valence-corrected chi connectivity index (χ4v) is 2.49. The Labute approximate surface area is 109 Å². The van der Waals surface area contributed by atoms with Gasteiger partial charge in [-0.3, -0.25) is 0 Å². The average Bonchev–Trinajstić information content (AvgIpc) is 2.68. The Morgan fingerprint density at radius 3 is 2.84 bits per heavy atom. The topological polar surface area (TPSA) is 59.7 Å². The van der Waals surface area contributed by atoms with Gasteiger partial charge < -0.3 is 14.3 Å². The van der Waals surface area contributed by atoms with E-state index in [0.29, 0.717) is 16.9 Å². The van der Waals surface area contributed by atoms with Crippen molar-refractivity contribution >= 4 is 11.0 Å². The first-order chi connectivity index (χ1) is 9.00. The lowest BCUT2D eigenvalue weighted by Gasteiger charge is -2.13. The van der Waals surface area contributed by atoms with Crippen molar-refractivity contribution in [3.05, 3.63) is 51.9 Å². The summed E-state index contributed by atoms with van der Waals surface area (Å²) < 4.78 is 11.0. The molecule has 98 valence electrons. The minimum atomic E-state index is -1.02. The fraction of sp³-hybridized carbons (Fsp3) is 0.267. The zero-order valence-corrected chi connectivity index (χ0v) is 10.8. The van der Waals surface area contributed by atoms with Gasteiger partial charge in [-0.25, -0.2) is 4.79 Å². The predicted molar refractivity (Wildman–Crippen MR) is 71.4 cm³/mol. The van der Waals surface area contributed by atoms with Crippen molar-refractivity contribution in [3.8, 4) is 5.75 Å². The van der Waals surface area contributed by atoms with Gasteiger partial charge in [-0.15, -0.1) is 0 Å². The first-order valence-electron chi connectivity index (χ1n) is 6.07. The largest absolute Gasteiger partial charge is 0.482 e. The van der Waals surface area contributed by atoms with Crippen LogP contribution in [0.25, 0.3) is 11.0 Å². The third-order valence-electron chi connectivity index (χ3n) is 3.44. The molecule has 1 aliphatic rings. The highest BCUT2D eigenvalue weighted by molar-refractivity contribution is 5.88. The minimum Gasteiger partial charge on any atom is -0.482 e. The number of rotatable bonds is 1. The second kappa shape index (κ2) is 3.96. The van der Waals surface area contributed by atoms with Crippen molar-refractivity contribution in [1.82, 2.24) is 0 Å². The van der Waals surface area contributed by atoms with E-state index in [9.17, 15) is 9.90 Å². The second-order valence-electron chi connectivity index (χ2n) is 4.91. The summed E-state index contributed by atoms with van der Waals surface area (Å²) in [5, 5.41) is 10.9. The van der Waals surface area contributed by atoms with Crippen molar-refractivity contribution in [2.75, 3.05) is 0 Å². The summed E-state index contributed by atoms with van der Waals surface area (Å²) in [6.45, 7) is 7.45. The number of benzene rings is 1. The number of aliphatic hydroxyl groups excluding tert-OH is 1. The molecular weight excluding hydrogens is 244 g/mol. The molecule has 1 aromatic carbocycles. The molecule has 1 aromatic heterocycles. The molecule has 4 nitrogen and oxygen atoms in total. The molecule has 2 aromatic rings. The molecular formula is C15H14O4. The van der Waals surface area contributed by atoms with Gasteiger partial charge in [0, 0.05) is 0 Å². The van der Waals surface area contributed by atoms with Crippen LogP contribution in [0, 0.1) is 6.92 Å². The Balaban J connectivity index is 2.37. The molecule has 2 heterocycles. The summed E-state index contributed by atoms with van der Waals surface area (Å²) in [4.78, 5) is 12.0. The molecule has 0 spiro atoms. The number of fused-ring (bicyclic) bond motifs is 3. The highest BCUT2D eigenvalue weighted by atomic mass is 16.5. The highest BCUT2D eigenvalue weighted by Crippen LogP contribution is 2.42. The maximum Gasteiger partial charge on any atom is 0.346 e. The van der Waals surface area contributed by atoms with Gasteiger partial charge in [0.25, 0.3) is 0 Å². The van der Waals surface area contributed by atoms with Crippen LogP contribution in [0.4, 0.5) is 0 Å². The van der Waals surface area contributed by atoms with Crippen LogP contribution >= 0.6 is 0 Å². The Hall–Kier alpha value is -2.07. The lowest BCUT2D eigenvalue weighted by molar-refractivity contribution is 0.0894. The summed E-state index contributed by atoms with van der Waals surface area (Å²) in [5.74, 6) is 0.421. The van der Waals surface area contributed by atoms with Gasteiger partial charge >= 0.3 is 5.63 Å². The first kappa shape index (κ1) is 12.0. The SMILES string of the molecule is C=C(C)[C@@H]1Oc2c(c(=O)oc3cccc(C)c23)[C@H]1O. The van der Waals surface area contributed by atoms with Gasteiger partial charge in [0.05, 0.1) is 5.39 Å². The molecule has 0 fully saturated rings. The smallest absolute Gasteiger partial charge is 0.346 e. The standard InChI is InChI=1S/C15H14O4/c1-7(2)13-12(16)11-14(19-13)10-8(3)5-4-6-9(10)18-15(11)17/h4-6,12-13,16H,1H2,2-3H3/t12-,13+/m1/s1. The van der Waals surface area contributed by atoms with Gasteiger partial charge in [0.15, 0.2) is 0 Å². The molecule has 19 heavy (non-hydrogen) atoms. The Bertz CT molecular complexity index is 742. The van der Waals surface area contributed by atoms with Gasteiger partial charge in [-0.1, -0.05) is 18.7 Å². The van der Waals surface area contributed by atoms with Crippen LogP contribution < -0.4 is 10.4 Å². The van der Waals surface area contributed by atoms with Gasteiger partial charge in [-0.05, 0) is 31.1 Å². The van der Waals surface area contributed by atoms with Crippen molar-refractivity contribution in [2.24, 2.45) is 0 Å². The van der Waals surface area contributed by atoms with Gasteiger partial charge in [0.2, 0.25) is 0 Å². The van der Waals surface area contributed by atoms with Crippen molar-refractivity contribution < 1.29 is 14.3 Å². The quantitative estimate of drug-likeness (QED) is 0.630. The van der Waals surface area contributed by atoms with E-state index in [1.165, 1.54) is 0 Å². The molecule has 0 aliphatic carbocycles. The van der Waals surface area contributed by atoms with E-state index in [2.05, 4.69) is 6.58 Å². The zero-order valence-electron chi connectivity index (χ0n) is 10.8. The summed E-state index contributed by atoms with van der Waals surface area (Å²) in [6, 6.07) is 5.44. The molecule has 0 bridgehead atoms. The summed E-state index contributed by atoms with van der Waals surface area (Å²) >= 11 is 0. The lowest BCUT2D eigenvalue weighted by atomic mass is 10.0. The van der Waals surface area contributed by atoms with Crippen LogP contribution in [-0.4, -0.2) is 11.2 Å². The lowest BCUT2D eigenvalue weighted by Crippen LogP contribution is -2.21. The number of aryl methyl sites for hydroxylation is 1. The van der Waals surface area contributed by atoms with E-state index in [1.807, 2.05) is 19.1 Å². The Kier molecular flexibility index (Phi) is 2.50. The van der Waals surface area contributed by atoms with Crippen molar-refractivity contribution in [3.63, 3.8) is 0 Å². The van der Waals surface area contributed by atoms with Crippen LogP contribution in [0.2, 0.25) is 0 Å². The summed E-state index contributed by atoms with van der Waals surface area (Å²) in [5.41, 5.74) is 1.72. The molecule has 1 N–H and O–H groups in total. The van der Waals surface area contributed by atoms with E-state index < -0.39 is 17.8 Å². The normalized spacial score (nSPS) is 21.2. The van der Waals surface area contributed by atoms with Crippen LogP contribution in [0.1, 0.15) is 24.2 Å². The van der Waals surface area contributed by atoms with E-state index in [4.69, 9.17) is 9.15 Å². The zero-order chi connectivity index (χ0) is 13.7. The molecule has 0 saturated carbocycles. The minimum absolute atomic E-state index is 0.190. The van der Waals surface area contributed by atoms with E-state index in [-0.39, 0.29) is 5.56 Å². The highest BCUT2D eigenvalue weighted by Gasteiger charge is 2.38. The fourth-order valence-electron chi connectivity index (χ4n) is 2.49. The second-order valence-corrected chi connectivity index (χ2v) is 4.91. The molecule has 0 unspecified atom stereocenters. The van der Waals surface area contributed by atoms with E-state index in [0.717, 1.165) is 10.9 Å². The predicted octanol–water partition coefficient (Wildman–Crippen LogP) is 2.47. The Morgan fingerprint density at radius 1 is 1.42 bits per heavy atom. The monoisotopic (exact) mass is 258 g/mol. The van der Waals surface area contributed by atoms with E-state index >= 15 is 0 Å². The maximum atomic E-state index is 12.0. The maximum absolute atomic E-state index is 12.0. The average molecular weight is 258 g/mol. The third kappa shape index (κ3) is 1.60. The third-order valence-corrected chi connectivity index (χ3v) is 3.44. The molecule has 0 amide bonds.